The van der Waals surface area contributed by atoms with Gasteiger partial charge in [-0.2, -0.15) is 0 Å². The van der Waals surface area contributed by atoms with Crippen LogP contribution in [0.15, 0.2) is 0 Å². The molecular weight excluding hydrogens is 176 g/mol. The molecule has 0 radical (unpaired) electrons. The lowest BCUT2D eigenvalue weighted by molar-refractivity contribution is -0.243. The average molecular weight is 190 g/mol. The van der Waals surface area contributed by atoms with Crippen LogP contribution in [0.2, 0.25) is 0 Å². The zero-order chi connectivity index (χ0) is 9.69. The van der Waals surface area contributed by atoms with Gasteiger partial charge in [-0.3, -0.25) is 0 Å². The van der Waals surface area contributed by atoms with E-state index in [0.29, 0.717) is 0 Å². The van der Waals surface area contributed by atoms with Crippen LogP contribution in [0.5, 0.6) is 0 Å². The molecule has 5 heteroatoms. The molecular formula is C8H14O5. The standard InChI is InChI=1S/C8H14O5/c1-7(2)12-5-3-11-6(10)8(5,4-9)13-7/h5-6,9-10H,3-4H2,1-2H3/t5-,6?,8-/m0/s1. The van der Waals surface area contributed by atoms with Gasteiger partial charge in [0.1, 0.15) is 6.10 Å². The summed E-state index contributed by atoms with van der Waals surface area (Å²) < 4.78 is 15.9. The van der Waals surface area contributed by atoms with Gasteiger partial charge in [-0.25, -0.2) is 0 Å². The van der Waals surface area contributed by atoms with Crippen LogP contribution in [-0.4, -0.2) is 47.2 Å². The molecule has 0 amide bonds. The van der Waals surface area contributed by atoms with Crippen molar-refractivity contribution in [1.82, 2.24) is 0 Å². The van der Waals surface area contributed by atoms with E-state index in [1.165, 1.54) is 0 Å². The molecule has 0 aromatic heterocycles. The smallest absolute Gasteiger partial charge is 0.189 e. The summed E-state index contributed by atoms with van der Waals surface area (Å²) in [4.78, 5) is 0. The highest BCUT2D eigenvalue weighted by molar-refractivity contribution is 5.02. The summed E-state index contributed by atoms with van der Waals surface area (Å²) in [5.74, 6) is -0.766. The van der Waals surface area contributed by atoms with Gasteiger partial charge < -0.3 is 24.4 Å². The van der Waals surface area contributed by atoms with Gasteiger partial charge >= 0.3 is 0 Å². The van der Waals surface area contributed by atoms with Crippen molar-refractivity contribution in [2.45, 2.75) is 37.6 Å². The number of aliphatic hydroxyl groups excluding tert-OH is 2. The average Bonchev–Trinajstić information content (AvgIpc) is 2.46. The van der Waals surface area contributed by atoms with Gasteiger partial charge in [0.05, 0.1) is 13.2 Å². The molecule has 0 aromatic rings. The highest BCUT2D eigenvalue weighted by Crippen LogP contribution is 2.42. The number of fused-ring (bicyclic) bond motifs is 1. The Labute approximate surface area is 76.2 Å². The molecule has 2 rings (SSSR count). The first-order chi connectivity index (χ1) is 6.00. The molecule has 2 aliphatic rings. The Hall–Kier alpha value is -0.200. The molecule has 0 aromatic carbocycles. The van der Waals surface area contributed by atoms with Gasteiger partial charge in [0.15, 0.2) is 17.7 Å². The van der Waals surface area contributed by atoms with Gasteiger partial charge in [-0.1, -0.05) is 0 Å². The van der Waals surface area contributed by atoms with Gasteiger partial charge in [0.2, 0.25) is 0 Å². The number of aliphatic hydroxyl groups is 2. The maximum Gasteiger partial charge on any atom is 0.189 e. The maximum atomic E-state index is 9.49. The Morgan fingerprint density at radius 3 is 2.69 bits per heavy atom. The van der Waals surface area contributed by atoms with E-state index in [1.807, 2.05) is 0 Å². The van der Waals surface area contributed by atoms with Crippen molar-refractivity contribution in [3.63, 3.8) is 0 Å². The van der Waals surface area contributed by atoms with Crippen molar-refractivity contribution >= 4 is 0 Å². The Morgan fingerprint density at radius 2 is 2.15 bits per heavy atom. The van der Waals surface area contributed by atoms with Crippen molar-refractivity contribution < 1.29 is 24.4 Å². The van der Waals surface area contributed by atoms with Crippen LogP contribution in [0, 0.1) is 0 Å². The van der Waals surface area contributed by atoms with Crippen molar-refractivity contribution in [1.29, 1.82) is 0 Å². The van der Waals surface area contributed by atoms with E-state index < -0.39 is 17.7 Å². The highest BCUT2D eigenvalue weighted by Gasteiger charge is 2.61. The van der Waals surface area contributed by atoms with Crippen molar-refractivity contribution in [3.8, 4) is 0 Å². The summed E-state index contributed by atoms with van der Waals surface area (Å²) in [6, 6.07) is 0. The summed E-state index contributed by atoms with van der Waals surface area (Å²) in [6.45, 7) is 3.44. The number of hydrogen-bond acceptors (Lipinski definition) is 5. The second-order valence-corrected chi connectivity index (χ2v) is 3.91. The molecule has 76 valence electrons. The molecule has 0 spiro atoms. The number of hydrogen-bond donors (Lipinski definition) is 2. The molecule has 1 unspecified atom stereocenters. The van der Waals surface area contributed by atoms with Gasteiger partial charge in [0, 0.05) is 0 Å². The Morgan fingerprint density at radius 1 is 1.46 bits per heavy atom. The summed E-state index contributed by atoms with van der Waals surface area (Å²) in [5, 5.41) is 18.7. The normalized spacial score (nSPS) is 48.0. The zero-order valence-electron chi connectivity index (χ0n) is 7.69. The third-order valence-corrected chi connectivity index (χ3v) is 2.48. The largest absolute Gasteiger partial charge is 0.393 e. The summed E-state index contributed by atoms with van der Waals surface area (Å²) >= 11 is 0. The quantitative estimate of drug-likeness (QED) is 0.567. The van der Waals surface area contributed by atoms with Crippen LogP contribution in [0.25, 0.3) is 0 Å². The fraction of sp³-hybridized carbons (Fsp3) is 1.00. The van der Waals surface area contributed by atoms with Crippen molar-refractivity contribution in [3.05, 3.63) is 0 Å². The van der Waals surface area contributed by atoms with Crippen molar-refractivity contribution in [2.75, 3.05) is 13.2 Å². The van der Waals surface area contributed by atoms with E-state index >= 15 is 0 Å². The van der Waals surface area contributed by atoms with E-state index in [9.17, 15) is 10.2 Å². The van der Waals surface area contributed by atoms with Gasteiger partial charge in [0.25, 0.3) is 0 Å². The second kappa shape index (κ2) is 2.65. The van der Waals surface area contributed by atoms with Crippen LogP contribution >= 0.6 is 0 Å². The predicted molar refractivity (Wildman–Crippen MR) is 41.8 cm³/mol. The predicted octanol–water partition coefficient (Wildman–Crippen LogP) is -0.782. The van der Waals surface area contributed by atoms with Crippen LogP contribution in [0.1, 0.15) is 13.8 Å². The minimum atomic E-state index is -1.11. The molecule has 2 heterocycles. The highest BCUT2D eigenvalue weighted by atomic mass is 16.8. The molecule has 2 saturated heterocycles. The third kappa shape index (κ3) is 1.19. The summed E-state index contributed by atoms with van der Waals surface area (Å²) in [6.07, 6.45) is -1.49. The maximum absolute atomic E-state index is 9.49. The van der Waals surface area contributed by atoms with Crippen LogP contribution in [-0.2, 0) is 14.2 Å². The molecule has 2 fully saturated rings. The first-order valence-electron chi connectivity index (χ1n) is 4.29. The molecule has 13 heavy (non-hydrogen) atoms. The topological polar surface area (TPSA) is 68.2 Å². The van der Waals surface area contributed by atoms with Crippen molar-refractivity contribution in [2.24, 2.45) is 0 Å². The SMILES string of the molecule is CC1(C)O[C@H]2COC(O)[C@@]2(CO)O1. The molecule has 5 nitrogen and oxygen atoms in total. The minimum absolute atomic E-state index is 0.255. The van der Waals surface area contributed by atoms with Crippen LogP contribution in [0.3, 0.4) is 0 Å². The fourth-order valence-electron chi connectivity index (χ4n) is 1.91. The number of ether oxygens (including phenoxy) is 3. The molecule has 0 aliphatic carbocycles. The molecule has 0 saturated carbocycles. The van der Waals surface area contributed by atoms with E-state index in [-0.39, 0.29) is 19.3 Å². The van der Waals surface area contributed by atoms with Gasteiger partial charge in [-0.15, -0.1) is 0 Å². The Kier molecular flexibility index (Phi) is 1.91. The van der Waals surface area contributed by atoms with Crippen LogP contribution < -0.4 is 0 Å². The lowest BCUT2D eigenvalue weighted by atomic mass is 10.0. The van der Waals surface area contributed by atoms with Crippen LogP contribution in [0.4, 0.5) is 0 Å². The summed E-state index contributed by atoms with van der Waals surface area (Å²) in [5.41, 5.74) is -1.09. The molecule has 3 atom stereocenters. The van der Waals surface area contributed by atoms with E-state index in [1.54, 1.807) is 13.8 Å². The lowest BCUT2D eigenvalue weighted by Gasteiger charge is -2.27. The fourth-order valence-corrected chi connectivity index (χ4v) is 1.91. The first-order valence-corrected chi connectivity index (χ1v) is 4.29. The lowest BCUT2D eigenvalue weighted by Crippen LogP contribution is -2.49. The van der Waals surface area contributed by atoms with E-state index in [2.05, 4.69) is 0 Å². The minimum Gasteiger partial charge on any atom is -0.393 e. The monoisotopic (exact) mass is 190 g/mol. The second-order valence-electron chi connectivity index (χ2n) is 3.91. The zero-order valence-corrected chi connectivity index (χ0v) is 7.69. The Balaban J connectivity index is 2.26. The first kappa shape index (κ1) is 9.36. The van der Waals surface area contributed by atoms with Gasteiger partial charge in [-0.05, 0) is 13.8 Å². The third-order valence-electron chi connectivity index (χ3n) is 2.48. The molecule has 0 bridgehead atoms. The van der Waals surface area contributed by atoms with E-state index in [0.717, 1.165) is 0 Å². The number of rotatable bonds is 1. The molecule has 2 aliphatic heterocycles. The summed E-state index contributed by atoms with van der Waals surface area (Å²) in [7, 11) is 0. The molecule has 2 N–H and O–H groups in total. The van der Waals surface area contributed by atoms with E-state index in [4.69, 9.17) is 14.2 Å². The Bertz CT molecular complexity index is 217.